The Morgan fingerprint density at radius 2 is 1.63 bits per heavy atom. The highest BCUT2D eigenvalue weighted by molar-refractivity contribution is 5.70. The van der Waals surface area contributed by atoms with Crippen molar-refractivity contribution in [2.75, 3.05) is 5.32 Å². The Labute approximate surface area is 159 Å². The number of anilines is 2. The number of hydrogen-bond acceptors (Lipinski definition) is 4. The predicted octanol–water partition coefficient (Wildman–Crippen LogP) is 6.30. The second-order valence-corrected chi connectivity index (χ2v) is 6.45. The number of aromatic nitrogens is 1. The normalized spacial score (nSPS) is 10.8. The fourth-order valence-corrected chi connectivity index (χ4v) is 3.20. The van der Waals surface area contributed by atoms with Crippen molar-refractivity contribution in [1.82, 2.24) is 4.98 Å². The van der Waals surface area contributed by atoms with Crippen LogP contribution in [0.4, 0.5) is 17.2 Å². The Balaban J connectivity index is 1.91. The van der Waals surface area contributed by atoms with Crippen molar-refractivity contribution in [3.05, 3.63) is 82.4 Å². The molecule has 2 aromatic carbocycles. The minimum absolute atomic E-state index is 0.0428. The van der Waals surface area contributed by atoms with E-state index < -0.39 is 4.92 Å². The lowest BCUT2D eigenvalue weighted by molar-refractivity contribution is -0.384. The summed E-state index contributed by atoms with van der Waals surface area (Å²) >= 11 is 0. The van der Waals surface area contributed by atoms with Crippen LogP contribution in [0.2, 0.25) is 0 Å². The van der Waals surface area contributed by atoms with Crippen LogP contribution < -0.4 is 5.32 Å². The zero-order valence-corrected chi connectivity index (χ0v) is 15.6. The third kappa shape index (κ3) is 4.31. The topological polar surface area (TPSA) is 68.1 Å². The molecule has 0 unspecified atom stereocenters. The van der Waals surface area contributed by atoms with Crippen LogP contribution in [0.25, 0.3) is 11.3 Å². The van der Waals surface area contributed by atoms with Gasteiger partial charge in [-0.25, -0.2) is 4.98 Å². The first-order valence-electron chi connectivity index (χ1n) is 9.20. The van der Waals surface area contributed by atoms with Gasteiger partial charge in [0.2, 0.25) is 5.82 Å². The second-order valence-electron chi connectivity index (χ2n) is 6.45. The Morgan fingerprint density at radius 3 is 2.22 bits per heavy atom. The van der Waals surface area contributed by atoms with Gasteiger partial charge in [0.15, 0.2) is 0 Å². The number of benzene rings is 2. The van der Waals surface area contributed by atoms with Gasteiger partial charge in [0, 0.05) is 17.3 Å². The number of nitrogens with zero attached hydrogens (tertiary/aromatic N) is 2. The molecule has 0 radical (unpaired) electrons. The van der Waals surface area contributed by atoms with E-state index in [1.54, 1.807) is 6.07 Å². The molecule has 0 bridgehead atoms. The van der Waals surface area contributed by atoms with Crippen LogP contribution in [0.5, 0.6) is 0 Å². The smallest absolute Gasteiger partial charge is 0.311 e. The van der Waals surface area contributed by atoms with E-state index in [9.17, 15) is 10.1 Å². The molecule has 0 aliphatic carbocycles. The molecule has 3 rings (SSSR count). The minimum Gasteiger partial charge on any atom is -0.334 e. The van der Waals surface area contributed by atoms with Gasteiger partial charge in [-0.05, 0) is 42.5 Å². The van der Waals surface area contributed by atoms with Gasteiger partial charge in [0.05, 0.1) is 10.6 Å². The van der Waals surface area contributed by atoms with Crippen LogP contribution in [0.1, 0.15) is 38.2 Å². The van der Waals surface area contributed by atoms with Crippen molar-refractivity contribution in [2.24, 2.45) is 0 Å². The first-order valence-corrected chi connectivity index (χ1v) is 9.20. The summed E-state index contributed by atoms with van der Waals surface area (Å²) in [4.78, 5) is 15.5. The van der Waals surface area contributed by atoms with Crippen molar-refractivity contribution < 1.29 is 4.92 Å². The molecule has 3 aromatic rings. The van der Waals surface area contributed by atoms with Crippen molar-refractivity contribution in [3.8, 4) is 11.3 Å². The number of hydrogen-bond donors (Lipinski definition) is 1. The maximum Gasteiger partial charge on any atom is 0.311 e. The lowest BCUT2D eigenvalue weighted by Gasteiger charge is -2.14. The Bertz CT molecular complexity index is 905. The van der Waals surface area contributed by atoms with Crippen molar-refractivity contribution in [1.29, 1.82) is 0 Å². The van der Waals surface area contributed by atoms with E-state index in [1.165, 1.54) is 11.6 Å². The van der Waals surface area contributed by atoms with Gasteiger partial charge in [0.25, 0.3) is 0 Å². The molecule has 0 saturated carbocycles. The molecule has 0 aliphatic heterocycles. The maximum atomic E-state index is 11.4. The van der Waals surface area contributed by atoms with E-state index in [2.05, 4.69) is 36.3 Å². The Morgan fingerprint density at radius 1 is 0.963 bits per heavy atom. The van der Waals surface area contributed by atoms with Gasteiger partial charge in [-0.1, -0.05) is 56.3 Å². The largest absolute Gasteiger partial charge is 0.334 e. The quantitative estimate of drug-likeness (QED) is 0.396. The molecular weight excluding hydrogens is 338 g/mol. The van der Waals surface area contributed by atoms with E-state index in [-0.39, 0.29) is 11.5 Å². The van der Waals surface area contributed by atoms with E-state index in [1.807, 2.05) is 42.5 Å². The SMILES string of the molecule is CCC(CC)c1ccc(Nc2nc(-c3ccccc3)ccc2[N+](=O)[O-])cc1. The van der Waals surface area contributed by atoms with Crippen LogP contribution in [-0.2, 0) is 0 Å². The molecule has 27 heavy (non-hydrogen) atoms. The van der Waals surface area contributed by atoms with Crippen molar-refractivity contribution in [3.63, 3.8) is 0 Å². The third-order valence-electron chi connectivity index (χ3n) is 4.77. The summed E-state index contributed by atoms with van der Waals surface area (Å²) in [5, 5.41) is 14.5. The lowest BCUT2D eigenvalue weighted by Crippen LogP contribution is -2.01. The standard InChI is InChI=1S/C22H23N3O2/c1-3-16(4-2)17-10-12-19(13-11-17)23-22-21(25(26)27)15-14-20(24-22)18-8-6-5-7-9-18/h5-16H,3-4H2,1-2H3,(H,23,24). The summed E-state index contributed by atoms with van der Waals surface area (Å²) in [6.45, 7) is 4.37. The molecule has 138 valence electrons. The average molecular weight is 361 g/mol. The summed E-state index contributed by atoms with van der Waals surface area (Å²) < 4.78 is 0. The van der Waals surface area contributed by atoms with Gasteiger partial charge in [-0.3, -0.25) is 10.1 Å². The molecule has 1 heterocycles. The van der Waals surface area contributed by atoms with Gasteiger partial charge in [0.1, 0.15) is 0 Å². The molecule has 0 spiro atoms. The Kier molecular flexibility index (Phi) is 5.81. The molecule has 5 heteroatoms. The number of pyridine rings is 1. The van der Waals surface area contributed by atoms with Crippen LogP contribution >= 0.6 is 0 Å². The molecule has 1 N–H and O–H groups in total. The molecule has 0 fully saturated rings. The lowest BCUT2D eigenvalue weighted by atomic mass is 9.94. The van der Waals surface area contributed by atoms with Crippen LogP contribution in [-0.4, -0.2) is 9.91 Å². The van der Waals surface area contributed by atoms with E-state index in [4.69, 9.17) is 0 Å². The molecular formula is C22H23N3O2. The summed E-state index contributed by atoms with van der Waals surface area (Å²) in [6.07, 6.45) is 2.19. The van der Waals surface area contributed by atoms with Crippen molar-refractivity contribution in [2.45, 2.75) is 32.6 Å². The summed E-state index contributed by atoms with van der Waals surface area (Å²) in [6, 6.07) is 20.9. The Hall–Kier alpha value is -3.21. The third-order valence-corrected chi connectivity index (χ3v) is 4.77. The van der Waals surface area contributed by atoms with Crippen LogP contribution in [0.15, 0.2) is 66.7 Å². The highest BCUT2D eigenvalue weighted by Gasteiger charge is 2.17. The number of nitro groups is 1. The monoisotopic (exact) mass is 361 g/mol. The molecule has 0 saturated heterocycles. The highest BCUT2D eigenvalue weighted by atomic mass is 16.6. The molecule has 0 aliphatic rings. The first-order chi connectivity index (χ1) is 13.1. The highest BCUT2D eigenvalue weighted by Crippen LogP contribution is 2.30. The zero-order chi connectivity index (χ0) is 19.2. The van der Waals surface area contributed by atoms with Crippen LogP contribution in [0, 0.1) is 10.1 Å². The van der Waals surface area contributed by atoms with Crippen molar-refractivity contribution >= 4 is 17.2 Å². The predicted molar refractivity (Wildman–Crippen MR) is 109 cm³/mol. The second kappa shape index (κ2) is 8.45. The first kappa shape index (κ1) is 18.6. The average Bonchev–Trinajstić information content (AvgIpc) is 2.70. The molecule has 1 aromatic heterocycles. The maximum absolute atomic E-state index is 11.4. The zero-order valence-electron chi connectivity index (χ0n) is 15.6. The van der Waals surface area contributed by atoms with Gasteiger partial charge in [-0.2, -0.15) is 0 Å². The fraction of sp³-hybridized carbons (Fsp3) is 0.227. The molecule has 0 amide bonds. The summed E-state index contributed by atoms with van der Waals surface area (Å²) in [7, 11) is 0. The number of rotatable bonds is 7. The summed E-state index contributed by atoms with van der Waals surface area (Å²) in [5.41, 5.74) is 3.63. The number of nitrogens with one attached hydrogen (secondary N) is 1. The van der Waals surface area contributed by atoms with E-state index in [0.29, 0.717) is 11.6 Å². The summed E-state index contributed by atoms with van der Waals surface area (Å²) in [5.74, 6) is 0.782. The van der Waals surface area contributed by atoms with Gasteiger partial charge in [-0.15, -0.1) is 0 Å². The minimum atomic E-state index is -0.414. The fourth-order valence-electron chi connectivity index (χ4n) is 3.20. The molecule has 0 atom stereocenters. The van der Waals surface area contributed by atoms with Gasteiger partial charge >= 0.3 is 5.69 Å². The van der Waals surface area contributed by atoms with Gasteiger partial charge < -0.3 is 5.32 Å². The van der Waals surface area contributed by atoms with Crippen LogP contribution in [0.3, 0.4) is 0 Å². The van der Waals surface area contributed by atoms with E-state index >= 15 is 0 Å². The van der Waals surface area contributed by atoms with E-state index in [0.717, 1.165) is 24.1 Å². The molecule has 5 nitrogen and oxygen atoms in total.